The van der Waals surface area contributed by atoms with Gasteiger partial charge in [-0.1, -0.05) is 61.4 Å². The van der Waals surface area contributed by atoms with E-state index in [1.165, 1.54) is 0 Å². The Morgan fingerprint density at radius 1 is 0.947 bits per heavy atom. The van der Waals surface area contributed by atoms with E-state index in [9.17, 15) is 18.5 Å². The van der Waals surface area contributed by atoms with Crippen molar-refractivity contribution in [1.82, 2.24) is 9.29 Å². The minimum Gasteiger partial charge on any atom is -0.281 e. The van der Waals surface area contributed by atoms with Crippen LogP contribution >= 0.6 is 0 Å². The summed E-state index contributed by atoms with van der Waals surface area (Å²) in [5, 5.41) is 9.47. The Kier molecular flexibility index (Phi) is 8.26. The highest BCUT2D eigenvalue weighted by Crippen LogP contribution is 2.25. The monoisotopic (exact) mass is 525 g/mol. The zero-order chi connectivity index (χ0) is 27.3. The molecule has 0 saturated heterocycles. The fraction of sp³-hybridized carbons (Fsp3) is 0.226. The van der Waals surface area contributed by atoms with Crippen LogP contribution in [0.1, 0.15) is 47.7 Å². The van der Waals surface area contributed by atoms with E-state index in [1.807, 2.05) is 62.4 Å². The lowest BCUT2D eigenvalue weighted by Crippen LogP contribution is -2.32. The third kappa shape index (κ3) is 5.77. The van der Waals surface area contributed by atoms with Crippen molar-refractivity contribution in [2.45, 2.75) is 51.5 Å². The molecule has 0 amide bonds. The summed E-state index contributed by atoms with van der Waals surface area (Å²) in [7, 11) is -3.78. The van der Waals surface area contributed by atoms with E-state index in [0.717, 1.165) is 47.2 Å². The van der Waals surface area contributed by atoms with Gasteiger partial charge in [0, 0.05) is 23.5 Å². The maximum atomic E-state index is 13.8. The number of pyridine rings is 1. The molecule has 0 spiro atoms. The Hall–Kier alpha value is -3.99. The highest BCUT2D eigenvalue weighted by Gasteiger charge is 2.18. The second-order valence-corrected chi connectivity index (χ2v) is 11.2. The molecule has 3 aromatic carbocycles. The molecule has 0 aliphatic rings. The summed E-state index contributed by atoms with van der Waals surface area (Å²) in [6, 6.07) is 25.8. The van der Waals surface area contributed by atoms with E-state index in [1.54, 1.807) is 34.9 Å². The Morgan fingerprint density at radius 2 is 1.63 bits per heavy atom. The van der Waals surface area contributed by atoms with Gasteiger partial charge in [0.05, 0.1) is 16.5 Å². The van der Waals surface area contributed by atoms with Gasteiger partial charge in [0.2, 0.25) is 10.0 Å². The highest BCUT2D eigenvalue weighted by atomic mass is 32.2. The van der Waals surface area contributed by atoms with Crippen molar-refractivity contribution in [2.24, 2.45) is 0 Å². The molecule has 0 radical (unpaired) electrons. The van der Waals surface area contributed by atoms with Crippen LogP contribution in [0.15, 0.2) is 88.6 Å². The van der Waals surface area contributed by atoms with Gasteiger partial charge in [-0.25, -0.2) is 13.1 Å². The summed E-state index contributed by atoms with van der Waals surface area (Å²) in [6.45, 7) is 5.73. The summed E-state index contributed by atoms with van der Waals surface area (Å²) in [5.74, 6) is 0. The topological polar surface area (TPSA) is 92.0 Å². The number of rotatable bonds is 9. The van der Waals surface area contributed by atoms with Crippen LogP contribution in [0.2, 0.25) is 0 Å². The van der Waals surface area contributed by atoms with E-state index >= 15 is 0 Å². The number of nitriles is 1. The highest BCUT2D eigenvalue weighted by molar-refractivity contribution is 7.89. The minimum absolute atomic E-state index is 0.109. The van der Waals surface area contributed by atoms with Gasteiger partial charge < -0.3 is 0 Å². The summed E-state index contributed by atoms with van der Waals surface area (Å²) in [5.41, 5.74) is 5.75. The molecule has 38 heavy (non-hydrogen) atoms. The van der Waals surface area contributed by atoms with Crippen LogP contribution in [0.4, 0.5) is 0 Å². The van der Waals surface area contributed by atoms with E-state index in [-0.39, 0.29) is 17.0 Å². The number of nitrogens with one attached hydrogen (secondary N) is 1. The standard InChI is InChI=1S/C31H31N3O3S/c1-4-5-9-27-19-23(3)30(21-33-38(36,37)28-17-11-22(2)12-18-28)31(35)34(27)26-15-13-24(14-16-26)29-10-7-6-8-25(29)20-32/h6-8,10-19,33H,4-5,9,21H2,1-3H3. The van der Waals surface area contributed by atoms with Gasteiger partial charge in [0.25, 0.3) is 5.56 Å². The van der Waals surface area contributed by atoms with E-state index in [0.29, 0.717) is 16.8 Å². The van der Waals surface area contributed by atoms with Gasteiger partial charge in [0.1, 0.15) is 0 Å². The van der Waals surface area contributed by atoms with Gasteiger partial charge in [-0.15, -0.1) is 0 Å². The second-order valence-electron chi connectivity index (χ2n) is 9.38. The minimum atomic E-state index is -3.78. The molecular weight excluding hydrogens is 494 g/mol. The largest absolute Gasteiger partial charge is 0.281 e. The molecule has 1 heterocycles. The molecule has 0 saturated carbocycles. The number of hydrogen-bond acceptors (Lipinski definition) is 4. The zero-order valence-electron chi connectivity index (χ0n) is 21.9. The third-order valence-electron chi connectivity index (χ3n) is 6.65. The zero-order valence-corrected chi connectivity index (χ0v) is 22.7. The van der Waals surface area contributed by atoms with E-state index in [4.69, 9.17) is 0 Å². The summed E-state index contributed by atoms with van der Waals surface area (Å²) in [4.78, 5) is 14.0. The molecule has 0 bridgehead atoms. The maximum absolute atomic E-state index is 13.8. The molecule has 7 heteroatoms. The fourth-order valence-electron chi connectivity index (χ4n) is 4.47. The van der Waals surface area contributed by atoms with Crippen molar-refractivity contribution in [3.05, 3.63) is 117 Å². The molecule has 1 aromatic heterocycles. The molecule has 0 fully saturated rings. The molecule has 1 N–H and O–H groups in total. The van der Waals surface area contributed by atoms with Gasteiger partial charge in [-0.3, -0.25) is 9.36 Å². The van der Waals surface area contributed by atoms with Crippen molar-refractivity contribution >= 4 is 10.0 Å². The first kappa shape index (κ1) is 27.1. The maximum Gasteiger partial charge on any atom is 0.260 e. The average molecular weight is 526 g/mol. The van der Waals surface area contributed by atoms with Crippen molar-refractivity contribution in [3.8, 4) is 22.9 Å². The quantitative estimate of drug-likeness (QED) is 0.298. The van der Waals surface area contributed by atoms with Gasteiger partial charge in [0.15, 0.2) is 0 Å². The molecule has 4 aromatic rings. The van der Waals surface area contributed by atoms with Crippen molar-refractivity contribution in [3.63, 3.8) is 0 Å². The lowest BCUT2D eigenvalue weighted by atomic mass is 10.00. The summed E-state index contributed by atoms with van der Waals surface area (Å²) in [6.07, 6.45) is 2.63. The van der Waals surface area contributed by atoms with Gasteiger partial charge >= 0.3 is 0 Å². The van der Waals surface area contributed by atoms with E-state index in [2.05, 4.69) is 17.7 Å². The first-order valence-electron chi connectivity index (χ1n) is 12.7. The first-order valence-corrected chi connectivity index (χ1v) is 14.1. The molecule has 0 aliphatic carbocycles. The smallest absolute Gasteiger partial charge is 0.260 e. The molecule has 4 rings (SSSR count). The Balaban J connectivity index is 1.73. The predicted molar refractivity (Wildman–Crippen MR) is 151 cm³/mol. The SMILES string of the molecule is CCCCc1cc(C)c(CNS(=O)(=O)c2ccc(C)cc2)c(=O)n1-c1ccc(-c2ccccc2C#N)cc1. The van der Waals surface area contributed by atoms with Gasteiger partial charge in [-0.2, -0.15) is 5.26 Å². The van der Waals surface area contributed by atoms with Crippen LogP contribution in [-0.2, 0) is 23.0 Å². The molecule has 0 aliphatic heterocycles. The summed E-state index contributed by atoms with van der Waals surface area (Å²) < 4.78 is 30.1. The predicted octanol–water partition coefficient (Wildman–Crippen LogP) is 5.81. The van der Waals surface area contributed by atoms with Crippen LogP contribution in [0, 0.1) is 25.2 Å². The lowest BCUT2D eigenvalue weighted by Gasteiger charge is -2.18. The number of benzene rings is 3. The van der Waals surface area contributed by atoms with Gasteiger partial charge in [-0.05, 0) is 79.8 Å². The van der Waals surface area contributed by atoms with Crippen molar-refractivity contribution in [1.29, 1.82) is 5.26 Å². The normalized spacial score (nSPS) is 11.3. The number of nitrogens with zero attached hydrogens (tertiary/aromatic N) is 2. The Bertz CT molecular complexity index is 1650. The summed E-state index contributed by atoms with van der Waals surface area (Å²) >= 11 is 0. The van der Waals surface area contributed by atoms with Crippen LogP contribution in [0.25, 0.3) is 16.8 Å². The number of aromatic nitrogens is 1. The van der Waals surface area contributed by atoms with Crippen LogP contribution in [-0.4, -0.2) is 13.0 Å². The molecule has 0 atom stereocenters. The third-order valence-corrected chi connectivity index (χ3v) is 8.07. The number of hydrogen-bond donors (Lipinski definition) is 1. The average Bonchev–Trinajstić information content (AvgIpc) is 2.92. The molecule has 6 nitrogen and oxygen atoms in total. The lowest BCUT2D eigenvalue weighted by molar-refractivity contribution is 0.580. The Morgan fingerprint density at radius 3 is 2.29 bits per heavy atom. The fourth-order valence-corrected chi connectivity index (χ4v) is 5.46. The number of unbranched alkanes of at least 4 members (excludes halogenated alkanes) is 1. The molecule has 0 unspecified atom stereocenters. The van der Waals surface area contributed by atoms with E-state index < -0.39 is 10.0 Å². The van der Waals surface area contributed by atoms with Crippen LogP contribution in [0.3, 0.4) is 0 Å². The van der Waals surface area contributed by atoms with Crippen LogP contribution < -0.4 is 10.3 Å². The molecule has 194 valence electrons. The van der Waals surface area contributed by atoms with Crippen molar-refractivity contribution < 1.29 is 8.42 Å². The number of sulfonamides is 1. The number of aryl methyl sites for hydroxylation is 3. The second kappa shape index (κ2) is 11.6. The Labute approximate surface area is 224 Å². The van der Waals surface area contributed by atoms with Crippen molar-refractivity contribution in [2.75, 3.05) is 0 Å². The first-order chi connectivity index (χ1) is 18.2. The molecular formula is C31H31N3O3S. The van der Waals surface area contributed by atoms with Crippen LogP contribution in [0.5, 0.6) is 0 Å².